The molecule has 4 nitrogen and oxygen atoms in total. The van der Waals surface area contributed by atoms with E-state index in [1.54, 1.807) is 4.57 Å². The van der Waals surface area contributed by atoms with Gasteiger partial charge in [-0.1, -0.05) is 54.7 Å². The van der Waals surface area contributed by atoms with Gasteiger partial charge in [0.05, 0.1) is 18.0 Å². The average Bonchev–Trinajstić information content (AvgIpc) is 3.29. The first-order chi connectivity index (χ1) is 16.4. The van der Waals surface area contributed by atoms with Gasteiger partial charge in [-0.3, -0.25) is 4.79 Å². The predicted octanol–water partition coefficient (Wildman–Crippen LogP) is 5.83. The number of hydrogen-bond acceptors (Lipinski definition) is 3. The Morgan fingerprint density at radius 1 is 1.06 bits per heavy atom. The molecule has 0 radical (unpaired) electrons. The Morgan fingerprint density at radius 3 is 2.71 bits per heavy atom. The maximum atomic E-state index is 13.6. The first kappa shape index (κ1) is 23.4. The minimum atomic E-state index is -1.83. The number of hydrogen-bond donors (Lipinski definition) is 2. The van der Waals surface area contributed by atoms with Crippen LogP contribution in [0.2, 0.25) is 0 Å². The molecule has 2 N–H and O–H groups in total. The van der Waals surface area contributed by atoms with Crippen LogP contribution in [0.15, 0.2) is 119 Å². The number of rotatable bonds is 5. The molecule has 0 bridgehead atoms. The maximum absolute atomic E-state index is 13.6. The van der Waals surface area contributed by atoms with Gasteiger partial charge in [-0.25, -0.2) is 8.78 Å². The molecule has 4 rings (SSSR count). The third-order valence-corrected chi connectivity index (χ3v) is 5.70. The summed E-state index contributed by atoms with van der Waals surface area (Å²) in [5, 5.41) is 21.2. The van der Waals surface area contributed by atoms with Gasteiger partial charge < -0.3 is 14.8 Å². The summed E-state index contributed by atoms with van der Waals surface area (Å²) < 4.78 is 28.7. The number of aliphatic hydroxyl groups is 1. The van der Waals surface area contributed by atoms with Crippen molar-refractivity contribution in [3.8, 4) is 5.75 Å². The summed E-state index contributed by atoms with van der Waals surface area (Å²) >= 11 is 0. The van der Waals surface area contributed by atoms with Crippen molar-refractivity contribution in [1.29, 1.82) is 0 Å². The molecule has 34 heavy (non-hydrogen) atoms. The Labute approximate surface area is 196 Å². The molecular formula is C28H25F2NO3. The van der Waals surface area contributed by atoms with Crippen LogP contribution in [-0.4, -0.2) is 21.0 Å². The van der Waals surface area contributed by atoms with Gasteiger partial charge in [-0.05, 0) is 53.9 Å². The van der Waals surface area contributed by atoms with E-state index in [4.69, 9.17) is 0 Å². The number of nitrogens with zero attached hydrogens (tertiary/aromatic N) is 1. The Morgan fingerprint density at radius 2 is 1.85 bits per heavy atom. The molecular weight excluding hydrogens is 436 g/mol. The summed E-state index contributed by atoms with van der Waals surface area (Å²) in [4.78, 5) is 12.2. The summed E-state index contributed by atoms with van der Waals surface area (Å²) in [6.45, 7) is 0. The molecule has 1 heterocycles. The highest BCUT2D eigenvalue weighted by molar-refractivity contribution is 5.67. The van der Waals surface area contributed by atoms with Gasteiger partial charge in [0.15, 0.2) is 11.9 Å². The lowest BCUT2D eigenvalue weighted by Crippen LogP contribution is -2.15. The Kier molecular flexibility index (Phi) is 7.18. The van der Waals surface area contributed by atoms with Crippen molar-refractivity contribution >= 4 is 5.70 Å². The molecule has 3 aliphatic carbocycles. The van der Waals surface area contributed by atoms with Crippen molar-refractivity contribution in [2.45, 2.75) is 31.5 Å². The van der Waals surface area contributed by atoms with E-state index in [-0.39, 0.29) is 12.1 Å². The highest BCUT2D eigenvalue weighted by Gasteiger charge is 2.19. The smallest absolute Gasteiger partial charge is 0.223 e. The number of aromatic nitrogens is 1. The molecule has 2 unspecified atom stereocenters. The lowest BCUT2D eigenvalue weighted by Gasteiger charge is -2.20. The largest absolute Gasteiger partial charge is 0.503 e. The number of aliphatic hydroxyl groups excluding tert-OH is 1. The number of aromatic hydroxyl groups is 1. The third-order valence-electron chi connectivity index (χ3n) is 5.70. The summed E-state index contributed by atoms with van der Waals surface area (Å²) in [5.74, 6) is -1.36. The zero-order valence-corrected chi connectivity index (χ0v) is 18.4. The van der Waals surface area contributed by atoms with Gasteiger partial charge >= 0.3 is 0 Å². The van der Waals surface area contributed by atoms with E-state index in [1.807, 2.05) is 36.5 Å². The van der Waals surface area contributed by atoms with Crippen molar-refractivity contribution in [2.75, 3.05) is 0 Å². The van der Waals surface area contributed by atoms with E-state index in [0.717, 1.165) is 29.7 Å². The predicted molar refractivity (Wildman–Crippen MR) is 130 cm³/mol. The third kappa shape index (κ3) is 5.41. The second-order valence-corrected chi connectivity index (χ2v) is 8.14. The first-order valence-electron chi connectivity index (χ1n) is 11.1. The molecule has 0 fully saturated rings. The van der Waals surface area contributed by atoms with Crippen LogP contribution in [0.5, 0.6) is 5.75 Å². The summed E-state index contributed by atoms with van der Waals surface area (Å²) in [5.41, 5.74) is 2.80. The molecule has 1 aromatic heterocycles. The lowest BCUT2D eigenvalue weighted by atomic mass is 10.0. The molecule has 0 saturated carbocycles. The average molecular weight is 462 g/mol. The lowest BCUT2D eigenvalue weighted by molar-refractivity contribution is 0.171. The van der Waals surface area contributed by atoms with Crippen molar-refractivity contribution in [3.63, 3.8) is 0 Å². The van der Waals surface area contributed by atoms with Gasteiger partial charge in [-0.2, -0.15) is 0 Å². The van der Waals surface area contributed by atoms with E-state index in [9.17, 15) is 23.8 Å². The fourth-order valence-corrected chi connectivity index (χ4v) is 3.91. The highest BCUT2D eigenvalue weighted by Crippen LogP contribution is 2.29. The molecule has 0 saturated heterocycles. The zero-order valence-electron chi connectivity index (χ0n) is 18.4. The minimum absolute atomic E-state index is 0.0243. The molecule has 174 valence electrons. The van der Waals surface area contributed by atoms with Crippen molar-refractivity contribution in [1.82, 2.24) is 4.57 Å². The summed E-state index contributed by atoms with van der Waals surface area (Å²) in [6, 6.07) is 1.19. The van der Waals surface area contributed by atoms with Gasteiger partial charge in [0.1, 0.15) is 5.83 Å². The number of allylic oxidation sites excluding steroid dienone is 17. The minimum Gasteiger partial charge on any atom is -0.503 e. The molecule has 0 aromatic carbocycles. The van der Waals surface area contributed by atoms with E-state index in [0.29, 0.717) is 17.7 Å². The molecule has 6 heteroatoms. The quantitative estimate of drug-likeness (QED) is 0.580. The first-order valence-corrected chi connectivity index (χ1v) is 11.1. The number of alkyl halides is 1. The van der Waals surface area contributed by atoms with Gasteiger partial charge in [0, 0.05) is 18.2 Å². The summed E-state index contributed by atoms with van der Waals surface area (Å²) in [6.07, 6.45) is 22.7. The van der Waals surface area contributed by atoms with Crippen molar-refractivity contribution in [2.24, 2.45) is 0 Å². The fourth-order valence-electron chi connectivity index (χ4n) is 3.91. The molecule has 2 atom stereocenters. The van der Waals surface area contributed by atoms with Crippen molar-refractivity contribution < 1.29 is 19.0 Å². The molecule has 1 aromatic rings. The Balaban J connectivity index is 1.72. The molecule has 0 spiro atoms. The zero-order chi connectivity index (χ0) is 24.1. The summed E-state index contributed by atoms with van der Waals surface area (Å²) in [7, 11) is 0. The number of halogens is 2. The van der Waals surface area contributed by atoms with Crippen molar-refractivity contribution in [3.05, 3.63) is 130 Å². The van der Waals surface area contributed by atoms with Gasteiger partial charge in [0.25, 0.3) is 0 Å². The van der Waals surface area contributed by atoms with E-state index in [2.05, 4.69) is 18.2 Å². The van der Waals surface area contributed by atoms with Crippen LogP contribution < -0.4 is 5.43 Å². The van der Waals surface area contributed by atoms with Crippen LogP contribution in [-0.2, 0) is 0 Å². The second-order valence-electron chi connectivity index (χ2n) is 8.14. The van der Waals surface area contributed by atoms with Gasteiger partial charge in [0.2, 0.25) is 5.43 Å². The monoisotopic (exact) mass is 461 g/mol. The SMILES string of the molecule is O=c1cc(C(O)CC2=CC=C(F)C(F)C=C2)n(C2=CC(C3=CCC=CC=C3)=CCC=C2)cc1O. The van der Waals surface area contributed by atoms with E-state index < -0.39 is 29.3 Å². The van der Waals surface area contributed by atoms with Crippen LogP contribution in [0.1, 0.15) is 31.1 Å². The molecule has 0 aliphatic heterocycles. The normalized spacial score (nSPS) is 20.9. The van der Waals surface area contributed by atoms with Crippen LogP contribution >= 0.6 is 0 Å². The second kappa shape index (κ2) is 10.4. The maximum Gasteiger partial charge on any atom is 0.223 e. The van der Waals surface area contributed by atoms with E-state index >= 15 is 0 Å². The molecule has 0 amide bonds. The topological polar surface area (TPSA) is 62.5 Å². The Bertz CT molecular complexity index is 1300. The van der Waals surface area contributed by atoms with Crippen LogP contribution in [0.25, 0.3) is 5.70 Å². The fraction of sp³-hybridized carbons (Fsp3) is 0.179. The number of pyridine rings is 1. The highest BCUT2D eigenvalue weighted by atomic mass is 19.2. The molecule has 3 aliphatic rings. The van der Waals surface area contributed by atoms with Crippen LogP contribution in [0, 0.1) is 0 Å². The van der Waals surface area contributed by atoms with Crippen LogP contribution in [0.4, 0.5) is 8.78 Å². The van der Waals surface area contributed by atoms with Crippen LogP contribution in [0.3, 0.4) is 0 Å². The van der Waals surface area contributed by atoms with E-state index in [1.165, 1.54) is 24.4 Å². The van der Waals surface area contributed by atoms with Gasteiger partial charge in [-0.15, -0.1) is 0 Å². The standard InChI is InChI=1S/C28H25F2NO3/c29-23-13-11-19(12-14-24(23)30)15-26(32)25-17-27(33)28(34)18-31(25)22-10-6-5-9-21(16-22)20-7-3-1-2-4-8-20/h1-3,6-14,16-18,23,26,32,34H,4-5,15H2. The Hall–Kier alpha value is -3.77.